The predicted molar refractivity (Wildman–Crippen MR) is 81.3 cm³/mol. The van der Waals surface area contributed by atoms with Crippen molar-refractivity contribution in [1.29, 1.82) is 0 Å². The van der Waals surface area contributed by atoms with Gasteiger partial charge in [0, 0.05) is 18.7 Å². The first-order valence-corrected chi connectivity index (χ1v) is 7.10. The first-order valence-electron chi connectivity index (χ1n) is 7.10. The Morgan fingerprint density at radius 3 is 2.53 bits per heavy atom. The molecule has 0 aliphatic carbocycles. The molecule has 0 saturated carbocycles. The van der Waals surface area contributed by atoms with Crippen molar-refractivity contribution in [2.45, 2.75) is 38.8 Å². The van der Waals surface area contributed by atoms with E-state index in [4.69, 9.17) is 5.11 Å². The molecule has 0 radical (unpaired) electrons. The summed E-state index contributed by atoms with van der Waals surface area (Å²) in [5, 5.41) is 15.2. The van der Waals surface area contributed by atoms with E-state index in [9.17, 15) is 0 Å². The molecular formula is C17H23NO. The molecule has 0 amide bonds. The maximum Gasteiger partial charge on any atom is 0.0445 e. The number of aliphatic hydroxyl groups excluding tert-OH is 1. The van der Waals surface area contributed by atoms with E-state index in [1.54, 1.807) is 0 Å². The molecule has 0 aliphatic heterocycles. The van der Waals surface area contributed by atoms with Crippen molar-refractivity contribution in [3.63, 3.8) is 0 Å². The van der Waals surface area contributed by atoms with Crippen molar-refractivity contribution in [1.82, 2.24) is 5.32 Å². The molecule has 0 spiro atoms. The maximum absolute atomic E-state index is 9.05. The largest absolute Gasteiger partial charge is 0.396 e. The van der Waals surface area contributed by atoms with Gasteiger partial charge in [-0.25, -0.2) is 0 Å². The van der Waals surface area contributed by atoms with E-state index in [-0.39, 0.29) is 6.61 Å². The quantitative estimate of drug-likeness (QED) is 0.828. The van der Waals surface area contributed by atoms with Crippen molar-refractivity contribution in [2.75, 3.05) is 6.61 Å². The lowest BCUT2D eigenvalue weighted by molar-refractivity contribution is 0.257. The number of hydrogen-bond acceptors (Lipinski definition) is 2. The zero-order chi connectivity index (χ0) is 13.7. The van der Waals surface area contributed by atoms with Crippen molar-refractivity contribution in [3.05, 3.63) is 48.0 Å². The maximum atomic E-state index is 9.05. The van der Waals surface area contributed by atoms with E-state index < -0.39 is 0 Å². The Morgan fingerprint density at radius 1 is 1.11 bits per heavy atom. The molecule has 102 valence electrons. The Balaban J connectivity index is 2.14. The second-order valence-electron chi connectivity index (χ2n) is 5.11. The zero-order valence-electron chi connectivity index (χ0n) is 11.8. The van der Waals surface area contributed by atoms with Gasteiger partial charge in [-0.3, -0.25) is 0 Å². The van der Waals surface area contributed by atoms with Crippen molar-refractivity contribution >= 4 is 10.8 Å². The van der Waals surface area contributed by atoms with Crippen molar-refractivity contribution in [3.8, 4) is 0 Å². The summed E-state index contributed by atoms with van der Waals surface area (Å²) in [5.41, 5.74) is 1.30. The Hall–Kier alpha value is -1.38. The minimum absolute atomic E-state index is 0.246. The van der Waals surface area contributed by atoms with Gasteiger partial charge in [0.2, 0.25) is 0 Å². The summed E-state index contributed by atoms with van der Waals surface area (Å²) < 4.78 is 0. The van der Waals surface area contributed by atoms with Crippen molar-refractivity contribution in [2.24, 2.45) is 0 Å². The minimum atomic E-state index is 0.246. The second-order valence-corrected chi connectivity index (χ2v) is 5.11. The van der Waals surface area contributed by atoms with E-state index in [2.05, 4.69) is 61.6 Å². The number of hydrogen-bond donors (Lipinski definition) is 2. The molecule has 2 aromatic carbocycles. The molecule has 2 heteroatoms. The average Bonchev–Trinajstić information content (AvgIpc) is 2.46. The first kappa shape index (κ1) is 14.0. The summed E-state index contributed by atoms with van der Waals surface area (Å²) in [6, 6.07) is 15.7. The van der Waals surface area contributed by atoms with Gasteiger partial charge in [-0.15, -0.1) is 0 Å². The van der Waals surface area contributed by atoms with E-state index in [0.717, 1.165) is 12.8 Å². The molecule has 2 nitrogen and oxygen atoms in total. The lowest BCUT2D eigenvalue weighted by Crippen LogP contribution is -2.31. The fourth-order valence-corrected chi connectivity index (χ4v) is 2.49. The summed E-state index contributed by atoms with van der Waals surface area (Å²) in [6.07, 6.45) is 1.85. The van der Waals surface area contributed by atoms with Gasteiger partial charge in [-0.1, -0.05) is 43.3 Å². The van der Waals surface area contributed by atoms with Crippen LogP contribution in [0.4, 0.5) is 0 Å². The van der Waals surface area contributed by atoms with E-state index >= 15 is 0 Å². The molecule has 2 aromatic rings. The van der Waals surface area contributed by atoms with Gasteiger partial charge in [-0.2, -0.15) is 0 Å². The van der Waals surface area contributed by atoms with Crippen LogP contribution in [0.15, 0.2) is 42.5 Å². The summed E-state index contributed by atoms with van der Waals surface area (Å²) >= 11 is 0. The standard InChI is InChI=1S/C17H23NO/c1-3-17(10-11-19)18-13(2)15-9-8-14-6-4-5-7-16(14)12-15/h4-9,12-13,17-19H,3,10-11H2,1-2H3. The van der Waals surface area contributed by atoms with Gasteiger partial charge in [0.1, 0.15) is 0 Å². The smallest absolute Gasteiger partial charge is 0.0445 e. The third-order valence-corrected chi connectivity index (χ3v) is 3.73. The third-order valence-electron chi connectivity index (χ3n) is 3.73. The third kappa shape index (κ3) is 3.55. The van der Waals surface area contributed by atoms with Gasteiger partial charge in [-0.05, 0) is 42.2 Å². The molecule has 0 heterocycles. The highest BCUT2D eigenvalue weighted by Gasteiger charge is 2.11. The molecule has 2 unspecified atom stereocenters. The van der Waals surface area contributed by atoms with E-state index in [1.807, 2.05) is 0 Å². The van der Waals surface area contributed by atoms with Gasteiger partial charge in [0.25, 0.3) is 0 Å². The van der Waals surface area contributed by atoms with Gasteiger partial charge in [0.15, 0.2) is 0 Å². The van der Waals surface area contributed by atoms with E-state index in [0.29, 0.717) is 12.1 Å². The molecule has 0 fully saturated rings. The van der Waals surface area contributed by atoms with Crippen LogP contribution in [-0.2, 0) is 0 Å². The Labute approximate surface area is 115 Å². The van der Waals surface area contributed by atoms with E-state index in [1.165, 1.54) is 16.3 Å². The lowest BCUT2D eigenvalue weighted by Gasteiger charge is -2.22. The van der Waals surface area contributed by atoms with Crippen LogP contribution >= 0.6 is 0 Å². The summed E-state index contributed by atoms with van der Waals surface area (Å²) in [6.45, 7) is 4.58. The topological polar surface area (TPSA) is 32.3 Å². The Kier molecular flexibility index (Phi) is 4.94. The monoisotopic (exact) mass is 257 g/mol. The molecule has 0 aromatic heterocycles. The second kappa shape index (κ2) is 6.69. The minimum Gasteiger partial charge on any atom is -0.396 e. The first-order chi connectivity index (χ1) is 9.24. The van der Waals surface area contributed by atoms with Crippen LogP contribution in [-0.4, -0.2) is 17.8 Å². The van der Waals surface area contributed by atoms with Gasteiger partial charge in [0.05, 0.1) is 0 Å². The number of aliphatic hydroxyl groups is 1. The van der Waals surface area contributed by atoms with Crippen LogP contribution in [0.1, 0.15) is 38.3 Å². The summed E-state index contributed by atoms with van der Waals surface area (Å²) in [7, 11) is 0. The number of rotatable bonds is 6. The molecule has 0 aliphatic rings. The SMILES string of the molecule is CCC(CCO)NC(C)c1ccc2ccccc2c1. The number of nitrogens with one attached hydrogen (secondary N) is 1. The average molecular weight is 257 g/mol. The zero-order valence-corrected chi connectivity index (χ0v) is 11.8. The predicted octanol–water partition coefficient (Wildman–Crippen LogP) is 3.65. The highest BCUT2D eigenvalue weighted by molar-refractivity contribution is 5.83. The molecule has 2 rings (SSSR count). The Bertz CT molecular complexity index is 523. The van der Waals surface area contributed by atoms with Crippen LogP contribution in [0.25, 0.3) is 10.8 Å². The highest BCUT2D eigenvalue weighted by Crippen LogP contribution is 2.21. The van der Waals surface area contributed by atoms with Crippen LogP contribution in [0, 0.1) is 0 Å². The highest BCUT2D eigenvalue weighted by atomic mass is 16.3. The molecule has 0 saturated heterocycles. The fraction of sp³-hybridized carbons (Fsp3) is 0.412. The number of benzene rings is 2. The van der Waals surface area contributed by atoms with Gasteiger partial charge >= 0.3 is 0 Å². The normalized spacial score (nSPS) is 14.5. The number of fused-ring (bicyclic) bond motifs is 1. The van der Waals surface area contributed by atoms with Crippen LogP contribution in [0.5, 0.6) is 0 Å². The fourth-order valence-electron chi connectivity index (χ4n) is 2.49. The molecule has 0 bridgehead atoms. The van der Waals surface area contributed by atoms with Crippen LogP contribution < -0.4 is 5.32 Å². The Morgan fingerprint density at radius 2 is 1.84 bits per heavy atom. The van der Waals surface area contributed by atoms with Gasteiger partial charge < -0.3 is 10.4 Å². The van der Waals surface area contributed by atoms with Crippen molar-refractivity contribution < 1.29 is 5.11 Å². The lowest BCUT2D eigenvalue weighted by atomic mass is 10.0. The molecular weight excluding hydrogens is 234 g/mol. The molecule has 2 N–H and O–H groups in total. The summed E-state index contributed by atoms with van der Waals surface area (Å²) in [5.74, 6) is 0. The molecule has 19 heavy (non-hydrogen) atoms. The van der Waals surface area contributed by atoms with Crippen LogP contribution in [0.3, 0.4) is 0 Å². The van der Waals surface area contributed by atoms with Crippen LogP contribution in [0.2, 0.25) is 0 Å². The summed E-state index contributed by atoms with van der Waals surface area (Å²) in [4.78, 5) is 0. The molecule has 2 atom stereocenters.